The Hall–Kier alpha value is -2.99. The van der Waals surface area contributed by atoms with E-state index >= 15 is 0 Å². The lowest BCUT2D eigenvalue weighted by atomic mass is 10.2. The molecule has 0 aliphatic carbocycles. The second-order valence-corrected chi connectivity index (χ2v) is 6.38. The molecule has 0 amide bonds. The Kier molecular flexibility index (Phi) is 5.66. The molecule has 2 N–H and O–H groups in total. The number of anilines is 4. The van der Waals surface area contributed by atoms with Gasteiger partial charge < -0.3 is 20.1 Å². The van der Waals surface area contributed by atoms with Gasteiger partial charge in [-0.25, -0.2) is 4.98 Å². The van der Waals surface area contributed by atoms with Gasteiger partial charge in [-0.1, -0.05) is 23.7 Å². The summed E-state index contributed by atoms with van der Waals surface area (Å²) in [7, 11) is 3.23. The third-order valence-corrected chi connectivity index (χ3v) is 4.36. The van der Waals surface area contributed by atoms with Crippen molar-refractivity contribution in [1.29, 1.82) is 0 Å². The molecule has 0 saturated heterocycles. The van der Waals surface area contributed by atoms with Crippen LogP contribution in [0, 0.1) is 13.8 Å². The number of methoxy groups -OCH3 is 2. The van der Waals surface area contributed by atoms with Crippen molar-refractivity contribution in [2.45, 2.75) is 13.8 Å². The predicted octanol–water partition coefficient (Wildman–Crippen LogP) is 5.25. The zero-order chi connectivity index (χ0) is 19.4. The number of aryl methyl sites for hydroxylation is 2. The van der Waals surface area contributed by atoms with Gasteiger partial charge in [0.2, 0.25) is 5.95 Å². The van der Waals surface area contributed by atoms with Crippen molar-refractivity contribution in [3.8, 4) is 11.5 Å². The first-order valence-electron chi connectivity index (χ1n) is 8.37. The van der Waals surface area contributed by atoms with Crippen LogP contribution in [0.4, 0.5) is 23.1 Å². The second-order valence-electron chi connectivity index (χ2n) is 5.97. The van der Waals surface area contributed by atoms with Gasteiger partial charge in [-0.2, -0.15) is 4.98 Å². The molecule has 0 bridgehead atoms. The summed E-state index contributed by atoms with van der Waals surface area (Å²) in [4.78, 5) is 9.00. The molecule has 0 fully saturated rings. The highest BCUT2D eigenvalue weighted by Gasteiger charge is 2.10. The molecule has 0 spiro atoms. The maximum atomic E-state index is 6.18. The average Bonchev–Trinajstić information content (AvgIpc) is 2.64. The lowest BCUT2D eigenvalue weighted by Gasteiger charge is -2.14. The van der Waals surface area contributed by atoms with E-state index in [1.54, 1.807) is 20.3 Å². The van der Waals surface area contributed by atoms with E-state index in [-0.39, 0.29) is 0 Å². The Morgan fingerprint density at radius 1 is 0.852 bits per heavy atom. The Morgan fingerprint density at radius 2 is 1.59 bits per heavy atom. The summed E-state index contributed by atoms with van der Waals surface area (Å²) in [6, 6.07) is 13.2. The van der Waals surface area contributed by atoms with E-state index in [1.165, 1.54) is 0 Å². The summed E-state index contributed by atoms with van der Waals surface area (Å²) in [6.07, 6.45) is 0. The highest BCUT2D eigenvalue weighted by Crippen LogP contribution is 2.33. The zero-order valence-corrected chi connectivity index (χ0v) is 16.4. The van der Waals surface area contributed by atoms with Crippen molar-refractivity contribution in [3.05, 3.63) is 58.7 Å². The van der Waals surface area contributed by atoms with Gasteiger partial charge in [0.1, 0.15) is 17.3 Å². The van der Waals surface area contributed by atoms with E-state index in [0.717, 1.165) is 22.6 Å². The maximum absolute atomic E-state index is 6.18. The summed E-state index contributed by atoms with van der Waals surface area (Å²) in [5.74, 6) is 2.46. The van der Waals surface area contributed by atoms with Gasteiger partial charge >= 0.3 is 0 Å². The quantitative estimate of drug-likeness (QED) is 0.604. The topological polar surface area (TPSA) is 68.3 Å². The molecule has 1 aromatic heterocycles. The number of hydrogen-bond acceptors (Lipinski definition) is 6. The molecule has 0 radical (unpaired) electrons. The summed E-state index contributed by atoms with van der Waals surface area (Å²) in [5.41, 5.74) is 3.32. The average molecular weight is 385 g/mol. The normalized spacial score (nSPS) is 10.4. The predicted molar refractivity (Wildman–Crippen MR) is 109 cm³/mol. The van der Waals surface area contributed by atoms with Gasteiger partial charge in [0.15, 0.2) is 0 Å². The number of ether oxygens (including phenoxy) is 2. The van der Waals surface area contributed by atoms with Crippen LogP contribution in [0.2, 0.25) is 5.02 Å². The third kappa shape index (κ3) is 4.41. The van der Waals surface area contributed by atoms with Crippen LogP contribution in [0.5, 0.6) is 11.5 Å². The first-order valence-corrected chi connectivity index (χ1v) is 8.75. The van der Waals surface area contributed by atoms with Crippen LogP contribution in [0.25, 0.3) is 0 Å². The molecule has 0 saturated carbocycles. The van der Waals surface area contributed by atoms with Crippen LogP contribution in [-0.4, -0.2) is 24.2 Å². The SMILES string of the molecule is COc1cc(Cl)c(C)cc1Nc1cc(C)nc(Nc2ccccc2OC)n1. The van der Waals surface area contributed by atoms with Gasteiger partial charge in [0.25, 0.3) is 0 Å². The Bertz CT molecular complexity index is 963. The largest absolute Gasteiger partial charge is 0.495 e. The molecule has 0 aliphatic heterocycles. The molecular formula is C20H21ClN4O2. The van der Waals surface area contributed by atoms with Gasteiger partial charge in [0.05, 0.1) is 25.6 Å². The number of benzene rings is 2. The smallest absolute Gasteiger partial charge is 0.229 e. The number of hydrogen-bond donors (Lipinski definition) is 2. The summed E-state index contributed by atoms with van der Waals surface area (Å²) in [6.45, 7) is 3.84. The number of halogens is 1. The lowest BCUT2D eigenvalue weighted by molar-refractivity contribution is 0.416. The molecule has 27 heavy (non-hydrogen) atoms. The van der Waals surface area contributed by atoms with Gasteiger partial charge in [-0.15, -0.1) is 0 Å². The summed E-state index contributed by atoms with van der Waals surface area (Å²) < 4.78 is 10.8. The van der Waals surface area contributed by atoms with Crippen molar-refractivity contribution in [3.63, 3.8) is 0 Å². The molecule has 140 valence electrons. The van der Waals surface area contributed by atoms with Crippen molar-refractivity contribution in [1.82, 2.24) is 9.97 Å². The summed E-state index contributed by atoms with van der Waals surface area (Å²) in [5, 5.41) is 7.13. The minimum absolute atomic E-state index is 0.464. The number of nitrogens with zero attached hydrogens (tertiary/aromatic N) is 2. The van der Waals surface area contributed by atoms with Crippen LogP contribution in [-0.2, 0) is 0 Å². The van der Waals surface area contributed by atoms with E-state index in [9.17, 15) is 0 Å². The Balaban J connectivity index is 1.91. The monoisotopic (exact) mass is 384 g/mol. The number of para-hydroxylation sites is 2. The molecule has 1 heterocycles. The van der Waals surface area contributed by atoms with E-state index in [2.05, 4.69) is 20.6 Å². The number of nitrogens with one attached hydrogen (secondary N) is 2. The fraction of sp³-hybridized carbons (Fsp3) is 0.200. The first-order chi connectivity index (χ1) is 13.0. The van der Waals surface area contributed by atoms with E-state index in [4.69, 9.17) is 21.1 Å². The Labute approximate surface area is 163 Å². The van der Waals surface area contributed by atoms with Gasteiger partial charge in [-0.05, 0) is 37.6 Å². The van der Waals surface area contributed by atoms with Gasteiger partial charge in [0, 0.05) is 22.8 Å². The van der Waals surface area contributed by atoms with Crippen molar-refractivity contribution >= 4 is 34.7 Å². The molecule has 0 unspecified atom stereocenters. The van der Waals surface area contributed by atoms with E-state index in [1.807, 2.05) is 50.2 Å². The lowest BCUT2D eigenvalue weighted by Crippen LogP contribution is -2.04. The molecule has 3 rings (SSSR count). The third-order valence-electron chi connectivity index (χ3n) is 3.95. The number of aromatic nitrogens is 2. The molecule has 0 atom stereocenters. The van der Waals surface area contributed by atoms with Crippen molar-refractivity contribution in [2.75, 3.05) is 24.9 Å². The molecule has 6 nitrogen and oxygen atoms in total. The molecule has 2 aromatic carbocycles. The van der Waals surface area contributed by atoms with Crippen molar-refractivity contribution in [2.24, 2.45) is 0 Å². The molecule has 0 aliphatic rings. The highest BCUT2D eigenvalue weighted by molar-refractivity contribution is 6.31. The standard InChI is InChI=1S/C20H21ClN4O2/c1-12-9-16(18(27-4)11-14(12)21)23-19-10-13(2)22-20(25-19)24-15-7-5-6-8-17(15)26-3/h5-11H,1-4H3,(H2,22,23,24,25). The first kappa shape index (κ1) is 18.8. The zero-order valence-electron chi connectivity index (χ0n) is 15.6. The van der Waals surface area contributed by atoms with E-state index < -0.39 is 0 Å². The fourth-order valence-electron chi connectivity index (χ4n) is 2.62. The van der Waals surface area contributed by atoms with Crippen LogP contribution in [0.3, 0.4) is 0 Å². The maximum Gasteiger partial charge on any atom is 0.229 e. The molecule has 7 heteroatoms. The van der Waals surface area contributed by atoms with Crippen LogP contribution < -0.4 is 20.1 Å². The van der Waals surface area contributed by atoms with Crippen LogP contribution >= 0.6 is 11.6 Å². The highest BCUT2D eigenvalue weighted by atomic mass is 35.5. The number of rotatable bonds is 6. The molecular weight excluding hydrogens is 364 g/mol. The minimum Gasteiger partial charge on any atom is -0.495 e. The second kappa shape index (κ2) is 8.14. The molecule has 3 aromatic rings. The minimum atomic E-state index is 0.464. The summed E-state index contributed by atoms with van der Waals surface area (Å²) >= 11 is 6.18. The van der Waals surface area contributed by atoms with Crippen molar-refractivity contribution < 1.29 is 9.47 Å². The van der Waals surface area contributed by atoms with E-state index in [0.29, 0.717) is 28.3 Å². The fourth-order valence-corrected chi connectivity index (χ4v) is 2.78. The Morgan fingerprint density at radius 3 is 2.33 bits per heavy atom. The van der Waals surface area contributed by atoms with Crippen LogP contribution in [0.1, 0.15) is 11.3 Å². The van der Waals surface area contributed by atoms with Gasteiger partial charge in [-0.3, -0.25) is 0 Å². The van der Waals surface area contributed by atoms with Crippen LogP contribution in [0.15, 0.2) is 42.5 Å².